The fourth-order valence-electron chi connectivity index (χ4n) is 1.57. The molecule has 0 bridgehead atoms. The highest BCUT2D eigenvalue weighted by molar-refractivity contribution is 5.69. The number of hydrogen-bond donors (Lipinski definition) is 1. The first-order valence-electron chi connectivity index (χ1n) is 5.18. The van der Waals surface area contributed by atoms with Gasteiger partial charge in [-0.2, -0.15) is 0 Å². The second-order valence-electron chi connectivity index (χ2n) is 3.78. The van der Waals surface area contributed by atoms with Crippen LogP contribution in [0.15, 0.2) is 30.5 Å². The van der Waals surface area contributed by atoms with Gasteiger partial charge >= 0.3 is 0 Å². The third-order valence-corrected chi connectivity index (χ3v) is 2.61. The molecule has 1 heterocycles. The number of aryl methyl sites for hydroxylation is 1. The van der Waals surface area contributed by atoms with Crippen molar-refractivity contribution in [2.45, 2.75) is 6.92 Å². The monoisotopic (exact) mass is 232 g/mol. The van der Waals surface area contributed by atoms with Crippen molar-refractivity contribution in [1.82, 2.24) is 4.98 Å². The van der Waals surface area contributed by atoms with Crippen LogP contribution >= 0.6 is 0 Å². The van der Waals surface area contributed by atoms with E-state index in [0.29, 0.717) is 22.7 Å². The molecule has 0 aliphatic heterocycles. The predicted molar refractivity (Wildman–Crippen MR) is 65.3 cm³/mol. The Kier molecular flexibility index (Phi) is 2.95. The van der Waals surface area contributed by atoms with Crippen LogP contribution in [0.5, 0.6) is 5.88 Å². The number of ether oxygens (including phenoxy) is 1. The zero-order valence-electron chi connectivity index (χ0n) is 9.70. The largest absolute Gasteiger partial charge is 0.481 e. The number of nitrogens with zero attached hydrogens (tertiary/aromatic N) is 1. The molecule has 17 heavy (non-hydrogen) atoms. The van der Waals surface area contributed by atoms with E-state index in [-0.39, 0.29) is 5.82 Å². The van der Waals surface area contributed by atoms with Gasteiger partial charge in [0.15, 0.2) is 0 Å². The molecular weight excluding hydrogens is 219 g/mol. The number of methoxy groups -OCH3 is 1. The Balaban J connectivity index is 2.48. The number of rotatable bonds is 2. The van der Waals surface area contributed by atoms with E-state index in [1.165, 1.54) is 13.2 Å². The smallest absolute Gasteiger partial charge is 0.212 e. The molecule has 2 rings (SSSR count). The van der Waals surface area contributed by atoms with Crippen molar-refractivity contribution in [1.29, 1.82) is 0 Å². The van der Waals surface area contributed by atoms with Gasteiger partial charge in [0, 0.05) is 29.1 Å². The fourth-order valence-corrected chi connectivity index (χ4v) is 1.57. The molecule has 0 aliphatic carbocycles. The Labute approximate surface area is 99.1 Å². The van der Waals surface area contributed by atoms with Crippen LogP contribution in [-0.4, -0.2) is 12.1 Å². The molecule has 0 unspecified atom stereocenters. The van der Waals surface area contributed by atoms with Gasteiger partial charge in [-0.3, -0.25) is 0 Å². The van der Waals surface area contributed by atoms with E-state index >= 15 is 0 Å². The summed E-state index contributed by atoms with van der Waals surface area (Å²) in [5.41, 5.74) is 8.19. The van der Waals surface area contributed by atoms with Crippen LogP contribution in [0.2, 0.25) is 0 Å². The minimum atomic E-state index is -0.302. The van der Waals surface area contributed by atoms with Crippen LogP contribution in [0.4, 0.5) is 10.1 Å². The first-order valence-corrected chi connectivity index (χ1v) is 5.18. The van der Waals surface area contributed by atoms with E-state index in [4.69, 9.17) is 10.5 Å². The number of hydrogen-bond acceptors (Lipinski definition) is 3. The molecule has 88 valence electrons. The summed E-state index contributed by atoms with van der Waals surface area (Å²) >= 11 is 0. The Morgan fingerprint density at radius 3 is 2.65 bits per heavy atom. The van der Waals surface area contributed by atoms with Gasteiger partial charge in [-0.05, 0) is 30.7 Å². The van der Waals surface area contributed by atoms with Crippen LogP contribution < -0.4 is 10.5 Å². The van der Waals surface area contributed by atoms with E-state index in [1.54, 1.807) is 31.3 Å². The van der Waals surface area contributed by atoms with Crippen molar-refractivity contribution in [2.75, 3.05) is 12.8 Å². The quantitative estimate of drug-likeness (QED) is 0.810. The molecule has 4 heteroatoms. The zero-order chi connectivity index (χ0) is 12.4. The van der Waals surface area contributed by atoms with Crippen LogP contribution in [0.1, 0.15) is 5.56 Å². The maximum absolute atomic E-state index is 13.8. The van der Waals surface area contributed by atoms with Gasteiger partial charge in [-0.1, -0.05) is 0 Å². The highest BCUT2D eigenvalue weighted by atomic mass is 19.1. The van der Waals surface area contributed by atoms with Crippen LogP contribution in [0.3, 0.4) is 0 Å². The van der Waals surface area contributed by atoms with Gasteiger partial charge in [0.25, 0.3) is 0 Å². The van der Waals surface area contributed by atoms with Gasteiger partial charge in [0.05, 0.1) is 7.11 Å². The second-order valence-corrected chi connectivity index (χ2v) is 3.78. The molecule has 0 atom stereocenters. The topological polar surface area (TPSA) is 48.1 Å². The first kappa shape index (κ1) is 11.4. The summed E-state index contributed by atoms with van der Waals surface area (Å²) in [4.78, 5) is 4.04. The molecule has 0 saturated carbocycles. The van der Waals surface area contributed by atoms with E-state index in [1.807, 2.05) is 0 Å². The third kappa shape index (κ3) is 2.20. The summed E-state index contributed by atoms with van der Waals surface area (Å²) < 4.78 is 18.7. The Bertz CT molecular complexity index is 538. The second kappa shape index (κ2) is 4.41. The molecule has 1 aromatic carbocycles. The first-order chi connectivity index (χ1) is 8.11. The third-order valence-electron chi connectivity index (χ3n) is 2.61. The maximum atomic E-state index is 13.8. The normalized spacial score (nSPS) is 10.3. The van der Waals surface area contributed by atoms with Crippen LogP contribution in [-0.2, 0) is 0 Å². The Morgan fingerprint density at radius 2 is 2.06 bits per heavy atom. The van der Waals surface area contributed by atoms with E-state index in [2.05, 4.69) is 4.98 Å². The predicted octanol–water partition coefficient (Wildman–Crippen LogP) is 2.79. The maximum Gasteiger partial charge on any atom is 0.212 e. The van der Waals surface area contributed by atoms with Gasteiger partial charge in [-0.25, -0.2) is 9.37 Å². The van der Waals surface area contributed by atoms with Crippen molar-refractivity contribution in [3.05, 3.63) is 41.8 Å². The SMILES string of the molecule is COc1ccc(-c2cc(N)c(C)cc2F)cn1. The van der Waals surface area contributed by atoms with Crippen molar-refractivity contribution in [3.8, 4) is 17.0 Å². The molecule has 1 aromatic heterocycles. The van der Waals surface area contributed by atoms with Gasteiger partial charge in [0.2, 0.25) is 5.88 Å². The molecule has 0 spiro atoms. The minimum absolute atomic E-state index is 0.302. The van der Waals surface area contributed by atoms with Crippen molar-refractivity contribution in [2.24, 2.45) is 0 Å². The number of nitrogens with two attached hydrogens (primary N) is 1. The van der Waals surface area contributed by atoms with E-state index < -0.39 is 0 Å². The van der Waals surface area contributed by atoms with Crippen LogP contribution in [0.25, 0.3) is 11.1 Å². The average molecular weight is 232 g/mol. The lowest BCUT2D eigenvalue weighted by molar-refractivity contribution is 0.398. The summed E-state index contributed by atoms with van der Waals surface area (Å²) in [6.07, 6.45) is 1.56. The average Bonchev–Trinajstić information content (AvgIpc) is 2.34. The molecule has 2 N–H and O–H groups in total. The van der Waals surface area contributed by atoms with Gasteiger partial charge in [-0.15, -0.1) is 0 Å². The lowest BCUT2D eigenvalue weighted by Gasteiger charge is -2.07. The summed E-state index contributed by atoms with van der Waals surface area (Å²) in [5, 5.41) is 0. The molecule has 3 nitrogen and oxygen atoms in total. The summed E-state index contributed by atoms with van der Waals surface area (Å²) in [6, 6.07) is 6.48. The number of benzene rings is 1. The molecule has 0 aliphatic rings. The highest BCUT2D eigenvalue weighted by Gasteiger charge is 2.08. The lowest BCUT2D eigenvalue weighted by atomic mass is 10.0. The highest BCUT2D eigenvalue weighted by Crippen LogP contribution is 2.27. The standard InChI is InChI=1S/C13H13FN2O/c1-8-5-11(14)10(6-12(8)15)9-3-4-13(17-2)16-7-9/h3-7H,15H2,1-2H3. The van der Waals surface area contributed by atoms with Crippen molar-refractivity contribution < 1.29 is 9.13 Å². The molecular formula is C13H13FN2O. The fraction of sp³-hybridized carbons (Fsp3) is 0.154. The summed E-state index contributed by atoms with van der Waals surface area (Å²) in [6.45, 7) is 1.77. The molecule has 0 fully saturated rings. The number of halogens is 1. The van der Waals surface area contributed by atoms with E-state index in [9.17, 15) is 4.39 Å². The van der Waals surface area contributed by atoms with Gasteiger partial charge in [0.1, 0.15) is 5.82 Å². The number of aromatic nitrogens is 1. The van der Waals surface area contributed by atoms with Gasteiger partial charge < -0.3 is 10.5 Å². The number of pyridine rings is 1. The number of anilines is 1. The van der Waals surface area contributed by atoms with Crippen molar-refractivity contribution in [3.63, 3.8) is 0 Å². The van der Waals surface area contributed by atoms with Crippen molar-refractivity contribution >= 4 is 5.69 Å². The number of nitrogen functional groups attached to an aromatic ring is 1. The molecule has 2 aromatic rings. The molecule has 0 radical (unpaired) electrons. The molecule has 0 saturated heterocycles. The summed E-state index contributed by atoms with van der Waals surface area (Å²) in [5.74, 6) is 0.193. The minimum Gasteiger partial charge on any atom is -0.481 e. The lowest BCUT2D eigenvalue weighted by Crippen LogP contribution is -1.94. The van der Waals surface area contributed by atoms with E-state index in [0.717, 1.165) is 5.56 Å². The van der Waals surface area contributed by atoms with Crippen LogP contribution in [0, 0.1) is 12.7 Å². The summed E-state index contributed by atoms with van der Waals surface area (Å²) in [7, 11) is 1.53. The Hall–Kier alpha value is -2.10. The molecule has 0 amide bonds. The zero-order valence-corrected chi connectivity index (χ0v) is 9.70. The Morgan fingerprint density at radius 1 is 1.29 bits per heavy atom.